The van der Waals surface area contributed by atoms with Gasteiger partial charge in [-0.3, -0.25) is 4.72 Å². The van der Waals surface area contributed by atoms with Crippen LogP contribution in [0.15, 0.2) is 0 Å². The summed E-state index contributed by atoms with van der Waals surface area (Å²) in [7, 11) is 0. The van der Waals surface area contributed by atoms with Crippen LogP contribution in [0.5, 0.6) is 0 Å². The highest BCUT2D eigenvalue weighted by Crippen LogP contribution is 2.11. The minimum Gasteiger partial charge on any atom is -0.261 e. The topological polar surface area (TPSA) is 12.0 Å². The molecule has 7 heavy (non-hydrogen) atoms. The zero-order valence-electron chi connectivity index (χ0n) is 4.61. The first-order valence-electron chi connectivity index (χ1n) is 2.77. The van der Waals surface area contributed by atoms with Crippen LogP contribution in [-0.2, 0) is 0 Å². The maximum Gasteiger partial charge on any atom is 0.0143 e. The molecule has 42 valence electrons. The lowest BCUT2D eigenvalue weighted by Gasteiger charge is -2.17. The minimum atomic E-state index is 0.749. The quantitative estimate of drug-likeness (QED) is 0.481. The van der Waals surface area contributed by atoms with E-state index < -0.39 is 0 Å². The third-order valence-corrected chi connectivity index (χ3v) is 2.23. The van der Waals surface area contributed by atoms with E-state index in [-0.39, 0.29) is 0 Å². The predicted molar refractivity (Wildman–Crippen MR) is 34.3 cm³/mol. The SMILES string of the molecule is C[C@H]1CCCSN1. The highest BCUT2D eigenvalue weighted by molar-refractivity contribution is 7.97. The van der Waals surface area contributed by atoms with Crippen molar-refractivity contribution in [1.82, 2.24) is 4.72 Å². The summed E-state index contributed by atoms with van der Waals surface area (Å²) in [6.07, 6.45) is 2.74. The van der Waals surface area contributed by atoms with Crippen LogP contribution in [0.25, 0.3) is 0 Å². The van der Waals surface area contributed by atoms with Crippen molar-refractivity contribution >= 4 is 11.9 Å². The summed E-state index contributed by atoms with van der Waals surface area (Å²) >= 11 is 1.85. The van der Waals surface area contributed by atoms with Gasteiger partial charge in [0.15, 0.2) is 0 Å². The third-order valence-electron chi connectivity index (χ3n) is 1.17. The average Bonchev–Trinajstić information content (AvgIpc) is 1.69. The number of hydrogen-bond acceptors (Lipinski definition) is 2. The Morgan fingerprint density at radius 1 is 1.71 bits per heavy atom. The smallest absolute Gasteiger partial charge is 0.0143 e. The summed E-state index contributed by atoms with van der Waals surface area (Å²) < 4.78 is 3.30. The van der Waals surface area contributed by atoms with E-state index in [9.17, 15) is 0 Å². The van der Waals surface area contributed by atoms with Crippen LogP contribution < -0.4 is 4.72 Å². The molecule has 0 aromatic rings. The lowest BCUT2D eigenvalue weighted by Crippen LogP contribution is -2.23. The van der Waals surface area contributed by atoms with Gasteiger partial charge in [0, 0.05) is 11.8 Å². The van der Waals surface area contributed by atoms with Gasteiger partial charge < -0.3 is 0 Å². The van der Waals surface area contributed by atoms with E-state index in [1.807, 2.05) is 11.9 Å². The molecule has 1 atom stereocenters. The molecule has 0 unspecified atom stereocenters. The Kier molecular flexibility index (Phi) is 2.00. The van der Waals surface area contributed by atoms with Gasteiger partial charge in [-0.05, 0) is 19.8 Å². The van der Waals surface area contributed by atoms with E-state index in [0.717, 1.165) is 6.04 Å². The second-order valence-electron chi connectivity index (χ2n) is 2.01. The van der Waals surface area contributed by atoms with Gasteiger partial charge in [-0.15, -0.1) is 0 Å². The molecule has 0 saturated carbocycles. The van der Waals surface area contributed by atoms with Gasteiger partial charge in [0.05, 0.1) is 0 Å². The minimum absolute atomic E-state index is 0.749. The maximum absolute atomic E-state index is 3.30. The van der Waals surface area contributed by atoms with Crippen LogP contribution in [0.1, 0.15) is 19.8 Å². The summed E-state index contributed by atoms with van der Waals surface area (Å²) in [4.78, 5) is 0. The van der Waals surface area contributed by atoms with E-state index >= 15 is 0 Å². The van der Waals surface area contributed by atoms with Crippen LogP contribution in [-0.4, -0.2) is 11.8 Å². The molecule has 1 aliphatic rings. The van der Waals surface area contributed by atoms with E-state index in [1.165, 1.54) is 18.6 Å². The first-order chi connectivity index (χ1) is 3.39. The summed E-state index contributed by atoms with van der Waals surface area (Å²) in [6, 6.07) is 0.749. The molecule has 0 aromatic heterocycles. The molecular formula is C5H11NS. The van der Waals surface area contributed by atoms with Gasteiger partial charge in [-0.1, -0.05) is 11.9 Å². The van der Waals surface area contributed by atoms with Crippen molar-refractivity contribution in [2.75, 3.05) is 5.75 Å². The van der Waals surface area contributed by atoms with Crippen LogP contribution in [0.3, 0.4) is 0 Å². The summed E-state index contributed by atoms with van der Waals surface area (Å²) in [5, 5.41) is 0. The van der Waals surface area contributed by atoms with Crippen molar-refractivity contribution < 1.29 is 0 Å². The maximum atomic E-state index is 3.30. The highest BCUT2D eigenvalue weighted by atomic mass is 32.2. The second kappa shape index (κ2) is 2.58. The molecule has 1 heterocycles. The van der Waals surface area contributed by atoms with Gasteiger partial charge in [-0.2, -0.15) is 0 Å². The zero-order chi connectivity index (χ0) is 5.11. The van der Waals surface area contributed by atoms with E-state index in [2.05, 4.69) is 11.6 Å². The van der Waals surface area contributed by atoms with Gasteiger partial charge in [0.25, 0.3) is 0 Å². The van der Waals surface area contributed by atoms with E-state index in [4.69, 9.17) is 0 Å². The number of nitrogens with one attached hydrogen (secondary N) is 1. The Bertz CT molecular complexity index is 50.0. The average molecular weight is 117 g/mol. The molecule has 0 amide bonds. The Balaban J connectivity index is 2.12. The fourth-order valence-electron chi connectivity index (χ4n) is 0.722. The normalized spacial score (nSPS) is 33.0. The van der Waals surface area contributed by atoms with Gasteiger partial charge in [0.1, 0.15) is 0 Å². The van der Waals surface area contributed by atoms with E-state index in [0.29, 0.717) is 0 Å². The number of hydrogen-bond donors (Lipinski definition) is 1. The lowest BCUT2D eigenvalue weighted by atomic mass is 10.2. The molecule has 1 fully saturated rings. The van der Waals surface area contributed by atoms with Crippen molar-refractivity contribution in [2.45, 2.75) is 25.8 Å². The van der Waals surface area contributed by atoms with E-state index in [1.54, 1.807) is 0 Å². The van der Waals surface area contributed by atoms with Gasteiger partial charge >= 0.3 is 0 Å². The van der Waals surface area contributed by atoms with Crippen LogP contribution in [0.2, 0.25) is 0 Å². The first-order valence-corrected chi connectivity index (χ1v) is 3.75. The molecule has 0 aromatic carbocycles. The molecule has 1 saturated heterocycles. The fourth-order valence-corrected chi connectivity index (χ4v) is 1.55. The molecule has 0 radical (unpaired) electrons. The largest absolute Gasteiger partial charge is 0.261 e. The Morgan fingerprint density at radius 2 is 2.57 bits per heavy atom. The van der Waals surface area contributed by atoms with Crippen molar-refractivity contribution in [2.24, 2.45) is 0 Å². The summed E-state index contributed by atoms with van der Waals surface area (Å²) in [6.45, 7) is 2.23. The van der Waals surface area contributed by atoms with Crippen LogP contribution in [0, 0.1) is 0 Å². The molecule has 1 rings (SSSR count). The Labute approximate surface area is 49.0 Å². The fraction of sp³-hybridized carbons (Fsp3) is 1.00. The summed E-state index contributed by atoms with van der Waals surface area (Å²) in [5.74, 6) is 1.30. The van der Waals surface area contributed by atoms with Gasteiger partial charge in [0.2, 0.25) is 0 Å². The lowest BCUT2D eigenvalue weighted by molar-refractivity contribution is 0.600. The molecule has 0 bridgehead atoms. The third kappa shape index (κ3) is 1.70. The first kappa shape index (κ1) is 5.45. The van der Waals surface area contributed by atoms with Crippen molar-refractivity contribution in [3.8, 4) is 0 Å². The number of rotatable bonds is 0. The van der Waals surface area contributed by atoms with Crippen LogP contribution >= 0.6 is 11.9 Å². The molecular weight excluding hydrogens is 106 g/mol. The Hall–Kier alpha value is 0.310. The zero-order valence-corrected chi connectivity index (χ0v) is 5.42. The van der Waals surface area contributed by atoms with Crippen LogP contribution in [0.4, 0.5) is 0 Å². The summed E-state index contributed by atoms with van der Waals surface area (Å²) in [5.41, 5.74) is 0. The molecule has 1 nitrogen and oxygen atoms in total. The molecule has 1 N–H and O–H groups in total. The molecule has 2 heteroatoms. The Morgan fingerprint density at radius 3 is 2.86 bits per heavy atom. The van der Waals surface area contributed by atoms with Crippen molar-refractivity contribution in [3.05, 3.63) is 0 Å². The van der Waals surface area contributed by atoms with Crippen molar-refractivity contribution in [1.29, 1.82) is 0 Å². The van der Waals surface area contributed by atoms with Crippen molar-refractivity contribution in [3.63, 3.8) is 0 Å². The molecule has 1 aliphatic heterocycles. The molecule has 0 aliphatic carbocycles. The predicted octanol–water partition coefficient (Wildman–Crippen LogP) is 1.41. The van der Waals surface area contributed by atoms with Gasteiger partial charge in [-0.25, -0.2) is 0 Å². The standard InChI is InChI=1S/C5H11NS/c1-5-3-2-4-7-6-5/h5-6H,2-4H2,1H3/t5-/m0/s1. The highest BCUT2D eigenvalue weighted by Gasteiger charge is 2.05. The monoisotopic (exact) mass is 117 g/mol. The second-order valence-corrected chi connectivity index (χ2v) is 2.94. The molecule has 0 spiro atoms.